The molecular formula is C27H30F3N3O2S. The predicted molar refractivity (Wildman–Crippen MR) is 134 cm³/mol. The van der Waals surface area contributed by atoms with Crippen molar-refractivity contribution in [2.45, 2.75) is 36.0 Å². The van der Waals surface area contributed by atoms with Crippen molar-refractivity contribution in [1.29, 1.82) is 0 Å². The first kappa shape index (κ1) is 26.3. The zero-order valence-corrected chi connectivity index (χ0v) is 20.6. The van der Waals surface area contributed by atoms with Crippen LogP contribution in [0.2, 0.25) is 0 Å². The summed E-state index contributed by atoms with van der Waals surface area (Å²) in [6.45, 7) is 2.84. The van der Waals surface area contributed by atoms with Gasteiger partial charge in [-0.2, -0.15) is 13.2 Å². The minimum absolute atomic E-state index is 0.185. The average Bonchev–Trinajstić information content (AvgIpc) is 2.86. The molecule has 0 saturated carbocycles. The van der Waals surface area contributed by atoms with Crippen LogP contribution in [0.5, 0.6) is 0 Å². The molecule has 1 saturated heterocycles. The largest absolute Gasteiger partial charge is 0.416 e. The predicted octanol–water partition coefficient (Wildman–Crippen LogP) is 4.11. The van der Waals surface area contributed by atoms with Gasteiger partial charge in [-0.25, -0.2) is 13.1 Å². The molecule has 4 rings (SSSR count). The maximum atomic E-state index is 13.2. The Bertz CT molecular complexity index is 1200. The molecule has 2 atom stereocenters. The number of benzene rings is 3. The highest BCUT2D eigenvalue weighted by Gasteiger charge is 2.31. The zero-order valence-electron chi connectivity index (χ0n) is 19.8. The van der Waals surface area contributed by atoms with E-state index in [0.29, 0.717) is 13.0 Å². The Labute approximate surface area is 210 Å². The molecule has 0 bridgehead atoms. The van der Waals surface area contributed by atoms with Crippen LogP contribution in [0.3, 0.4) is 0 Å². The number of hydrogen-bond donors (Lipinski definition) is 2. The number of piperazine rings is 1. The summed E-state index contributed by atoms with van der Waals surface area (Å²) in [4.78, 5) is 2.11. The molecule has 0 aliphatic carbocycles. The van der Waals surface area contributed by atoms with Crippen LogP contribution in [0.25, 0.3) is 0 Å². The highest BCUT2D eigenvalue weighted by atomic mass is 32.2. The van der Waals surface area contributed by atoms with E-state index in [0.717, 1.165) is 55.9 Å². The summed E-state index contributed by atoms with van der Waals surface area (Å²) in [6.07, 6.45) is -3.23. The Kier molecular flexibility index (Phi) is 8.46. The number of halogens is 3. The molecule has 1 heterocycles. The smallest absolute Gasteiger partial charge is 0.314 e. The van der Waals surface area contributed by atoms with Crippen molar-refractivity contribution in [2.75, 3.05) is 26.2 Å². The van der Waals surface area contributed by atoms with Gasteiger partial charge in [0.2, 0.25) is 10.0 Å². The summed E-state index contributed by atoms with van der Waals surface area (Å²) in [5.74, 6) is 0. The van der Waals surface area contributed by atoms with E-state index in [1.54, 1.807) is 0 Å². The Morgan fingerprint density at radius 2 is 1.53 bits per heavy atom. The lowest BCUT2D eigenvalue weighted by Crippen LogP contribution is -2.56. The van der Waals surface area contributed by atoms with Crippen molar-refractivity contribution in [3.63, 3.8) is 0 Å². The van der Waals surface area contributed by atoms with Crippen LogP contribution in [0.4, 0.5) is 13.2 Å². The Balaban J connectivity index is 1.54. The fourth-order valence-electron chi connectivity index (χ4n) is 4.57. The molecule has 2 N–H and O–H groups in total. The first-order chi connectivity index (χ1) is 17.2. The van der Waals surface area contributed by atoms with Crippen molar-refractivity contribution >= 4 is 10.0 Å². The summed E-state index contributed by atoms with van der Waals surface area (Å²) >= 11 is 0. The summed E-state index contributed by atoms with van der Waals surface area (Å²) in [5.41, 5.74) is 1.31. The highest BCUT2D eigenvalue weighted by Crippen LogP contribution is 2.29. The van der Waals surface area contributed by atoms with Crippen LogP contribution < -0.4 is 10.0 Å². The van der Waals surface area contributed by atoms with Gasteiger partial charge in [0, 0.05) is 38.3 Å². The third-order valence-corrected chi connectivity index (χ3v) is 7.92. The van der Waals surface area contributed by atoms with Gasteiger partial charge in [-0.3, -0.25) is 4.90 Å². The zero-order chi connectivity index (χ0) is 25.6. The summed E-state index contributed by atoms with van der Waals surface area (Å²) in [5, 5.41) is 3.43. The van der Waals surface area contributed by atoms with E-state index in [4.69, 9.17) is 0 Å². The first-order valence-electron chi connectivity index (χ1n) is 11.9. The summed E-state index contributed by atoms with van der Waals surface area (Å²) in [6, 6.07) is 23.1. The van der Waals surface area contributed by atoms with Crippen LogP contribution in [0.15, 0.2) is 89.8 Å². The van der Waals surface area contributed by atoms with Crippen LogP contribution in [0.1, 0.15) is 16.7 Å². The van der Waals surface area contributed by atoms with Crippen molar-refractivity contribution in [3.8, 4) is 0 Å². The van der Waals surface area contributed by atoms with Crippen LogP contribution in [-0.4, -0.2) is 51.6 Å². The van der Waals surface area contributed by atoms with Crippen molar-refractivity contribution in [1.82, 2.24) is 14.9 Å². The monoisotopic (exact) mass is 517 g/mol. The molecule has 192 valence electrons. The maximum Gasteiger partial charge on any atom is 0.416 e. The average molecular weight is 518 g/mol. The summed E-state index contributed by atoms with van der Waals surface area (Å²) in [7, 11) is -4.03. The summed E-state index contributed by atoms with van der Waals surface area (Å²) < 4.78 is 68.0. The van der Waals surface area contributed by atoms with E-state index in [-0.39, 0.29) is 10.9 Å². The van der Waals surface area contributed by atoms with Gasteiger partial charge in [0.15, 0.2) is 0 Å². The van der Waals surface area contributed by atoms with Crippen molar-refractivity contribution in [3.05, 3.63) is 102 Å². The molecule has 3 aromatic rings. The second-order valence-corrected chi connectivity index (χ2v) is 10.8. The lowest BCUT2D eigenvalue weighted by atomic mass is 10.0. The standard InChI is InChI=1S/C27H30F3N3O2S/c28-27(29,30)23-11-13-26(14-12-23)36(34,35)32-24(17-21-7-3-1-4-8-21)20-33-16-15-31-19-25(33)18-22-9-5-2-6-10-22/h1-14,24-25,31-32H,15-20H2/t24-,25-/m0/s1. The number of nitrogens with zero attached hydrogens (tertiary/aromatic N) is 1. The van der Waals surface area contributed by atoms with E-state index in [1.807, 2.05) is 48.5 Å². The number of nitrogens with one attached hydrogen (secondary N) is 2. The fraction of sp³-hybridized carbons (Fsp3) is 0.333. The molecule has 1 fully saturated rings. The van der Waals surface area contributed by atoms with Gasteiger partial charge >= 0.3 is 6.18 Å². The van der Waals surface area contributed by atoms with Gasteiger partial charge in [0.25, 0.3) is 0 Å². The molecule has 0 spiro atoms. The Hall–Kier alpha value is -2.72. The third-order valence-electron chi connectivity index (χ3n) is 6.38. The second-order valence-electron chi connectivity index (χ2n) is 9.07. The molecular weight excluding hydrogens is 487 g/mol. The second kappa shape index (κ2) is 11.6. The van der Waals surface area contributed by atoms with Crippen molar-refractivity contribution in [2.24, 2.45) is 0 Å². The first-order valence-corrected chi connectivity index (χ1v) is 13.4. The van der Waals surface area contributed by atoms with Gasteiger partial charge in [0.05, 0.1) is 10.5 Å². The lowest BCUT2D eigenvalue weighted by molar-refractivity contribution is -0.137. The molecule has 36 heavy (non-hydrogen) atoms. The fourth-order valence-corrected chi connectivity index (χ4v) is 5.79. The van der Waals surface area contributed by atoms with Gasteiger partial charge in [0.1, 0.15) is 0 Å². The SMILES string of the molecule is O=S(=O)(N[C@@H](Cc1ccccc1)CN1CCNC[C@@H]1Cc1ccccc1)c1ccc(C(F)(F)F)cc1. The molecule has 1 aliphatic heterocycles. The van der Waals surface area contributed by atoms with Gasteiger partial charge in [-0.05, 0) is 48.2 Å². The number of sulfonamides is 1. The number of alkyl halides is 3. The molecule has 0 radical (unpaired) electrons. The van der Waals surface area contributed by atoms with Crippen LogP contribution in [0, 0.1) is 0 Å². The van der Waals surface area contributed by atoms with Gasteiger partial charge in [-0.1, -0.05) is 60.7 Å². The lowest BCUT2D eigenvalue weighted by Gasteiger charge is -2.38. The molecule has 0 aromatic heterocycles. The molecule has 1 aliphatic rings. The number of hydrogen-bond acceptors (Lipinski definition) is 4. The quantitative estimate of drug-likeness (QED) is 0.449. The van der Waals surface area contributed by atoms with Crippen LogP contribution in [-0.2, 0) is 29.0 Å². The molecule has 3 aromatic carbocycles. The maximum absolute atomic E-state index is 13.2. The minimum Gasteiger partial charge on any atom is -0.314 e. The molecule has 5 nitrogen and oxygen atoms in total. The minimum atomic E-state index is -4.53. The van der Waals surface area contributed by atoms with Crippen molar-refractivity contribution < 1.29 is 21.6 Å². The normalized spacial score (nSPS) is 18.1. The topological polar surface area (TPSA) is 61.4 Å². The Morgan fingerprint density at radius 3 is 2.14 bits per heavy atom. The highest BCUT2D eigenvalue weighted by molar-refractivity contribution is 7.89. The van der Waals surface area contributed by atoms with Gasteiger partial charge in [-0.15, -0.1) is 0 Å². The van der Waals surface area contributed by atoms with Crippen LogP contribution >= 0.6 is 0 Å². The van der Waals surface area contributed by atoms with E-state index in [1.165, 1.54) is 5.56 Å². The van der Waals surface area contributed by atoms with E-state index >= 15 is 0 Å². The van der Waals surface area contributed by atoms with E-state index in [9.17, 15) is 21.6 Å². The Morgan fingerprint density at radius 1 is 0.917 bits per heavy atom. The van der Waals surface area contributed by atoms with Gasteiger partial charge < -0.3 is 5.32 Å². The molecule has 0 amide bonds. The van der Waals surface area contributed by atoms with E-state index in [2.05, 4.69) is 27.1 Å². The molecule has 9 heteroatoms. The molecule has 0 unspecified atom stereocenters. The van der Waals surface area contributed by atoms with E-state index < -0.39 is 27.8 Å². The third kappa shape index (κ3) is 7.16. The number of rotatable bonds is 9.